The van der Waals surface area contributed by atoms with E-state index in [1.807, 2.05) is 6.07 Å². The second-order valence-corrected chi connectivity index (χ2v) is 5.24. The van der Waals surface area contributed by atoms with E-state index in [0.717, 1.165) is 0 Å². The lowest BCUT2D eigenvalue weighted by atomic mass is 9.92. The van der Waals surface area contributed by atoms with Gasteiger partial charge in [-0.25, -0.2) is 0 Å². The third-order valence-corrected chi connectivity index (χ3v) is 3.99. The first-order valence-corrected chi connectivity index (χ1v) is 6.82. The summed E-state index contributed by atoms with van der Waals surface area (Å²) in [6.45, 7) is 0. The smallest absolute Gasteiger partial charge is 0.186 e. The van der Waals surface area contributed by atoms with Crippen LogP contribution in [0.15, 0.2) is 42.5 Å². The Hall–Kier alpha value is -1.53. The average molecular weight is 325 g/mol. The molecule has 0 aliphatic carbocycles. The SMILES string of the molecule is N#CC(C(=O)c1cccc(Cl)c1Cl)c1ccccc1Cl. The second-order valence-electron chi connectivity index (χ2n) is 4.05. The van der Waals surface area contributed by atoms with Crippen molar-refractivity contribution in [2.24, 2.45) is 0 Å². The molecule has 0 aliphatic rings. The molecule has 100 valence electrons. The average Bonchev–Trinajstić information content (AvgIpc) is 2.44. The van der Waals surface area contributed by atoms with Gasteiger partial charge >= 0.3 is 0 Å². The van der Waals surface area contributed by atoms with Gasteiger partial charge in [0.2, 0.25) is 0 Å². The van der Waals surface area contributed by atoms with Crippen molar-refractivity contribution in [3.05, 3.63) is 68.7 Å². The third kappa shape index (κ3) is 2.81. The molecule has 20 heavy (non-hydrogen) atoms. The number of hydrogen-bond acceptors (Lipinski definition) is 2. The van der Waals surface area contributed by atoms with Crippen LogP contribution in [0.5, 0.6) is 0 Å². The summed E-state index contributed by atoms with van der Waals surface area (Å²) in [6, 6.07) is 13.4. The van der Waals surface area contributed by atoms with Gasteiger partial charge in [-0.05, 0) is 23.8 Å². The Bertz CT molecular complexity index is 707. The quantitative estimate of drug-likeness (QED) is 0.734. The first-order valence-electron chi connectivity index (χ1n) is 5.68. The molecular weight excluding hydrogens is 317 g/mol. The third-order valence-electron chi connectivity index (χ3n) is 2.82. The maximum absolute atomic E-state index is 12.5. The van der Waals surface area contributed by atoms with Crippen LogP contribution in [0, 0.1) is 11.3 Å². The molecule has 0 heterocycles. The zero-order chi connectivity index (χ0) is 14.7. The number of rotatable bonds is 3. The highest BCUT2D eigenvalue weighted by atomic mass is 35.5. The molecule has 0 saturated carbocycles. The number of benzene rings is 2. The van der Waals surface area contributed by atoms with E-state index in [9.17, 15) is 10.1 Å². The van der Waals surface area contributed by atoms with Gasteiger partial charge in [0.25, 0.3) is 0 Å². The van der Waals surface area contributed by atoms with Gasteiger partial charge in [-0.1, -0.05) is 59.1 Å². The highest BCUT2D eigenvalue weighted by Gasteiger charge is 2.26. The molecule has 2 nitrogen and oxygen atoms in total. The fourth-order valence-electron chi connectivity index (χ4n) is 1.83. The van der Waals surface area contributed by atoms with E-state index in [0.29, 0.717) is 10.6 Å². The van der Waals surface area contributed by atoms with E-state index in [-0.39, 0.29) is 15.6 Å². The number of hydrogen-bond donors (Lipinski definition) is 0. The van der Waals surface area contributed by atoms with Crippen LogP contribution >= 0.6 is 34.8 Å². The van der Waals surface area contributed by atoms with Crippen LogP contribution < -0.4 is 0 Å². The van der Waals surface area contributed by atoms with Crippen LogP contribution in [0.3, 0.4) is 0 Å². The number of ketones is 1. The molecule has 2 aromatic rings. The van der Waals surface area contributed by atoms with Crippen molar-refractivity contribution in [3.8, 4) is 6.07 Å². The molecule has 2 rings (SSSR count). The second kappa shape index (κ2) is 6.28. The first kappa shape index (κ1) is 14.9. The molecule has 0 spiro atoms. The topological polar surface area (TPSA) is 40.9 Å². The van der Waals surface area contributed by atoms with Gasteiger partial charge in [-0.2, -0.15) is 5.26 Å². The van der Waals surface area contributed by atoms with E-state index in [4.69, 9.17) is 34.8 Å². The summed E-state index contributed by atoms with van der Waals surface area (Å²) >= 11 is 17.9. The number of carbonyl (C=O) groups excluding carboxylic acids is 1. The van der Waals surface area contributed by atoms with Crippen LogP contribution in [-0.4, -0.2) is 5.78 Å². The van der Waals surface area contributed by atoms with Crippen molar-refractivity contribution in [2.75, 3.05) is 0 Å². The fraction of sp³-hybridized carbons (Fsp3) is 0.0667. The van der Waals surface area contributed by atoms with Gasteiger partial charge in [0.1, 0.15) is 5.92 Å². The molecule has 5 heteroatoms. The Kier molecular flexibility index (Phi) is 4.67. The molecular formula is C15H8Cl3NO. The Morgan fingerprint density at radius 1 is 1.00 bits per heavy atom. The van der Waals surface area contributed by atoms with Gasteiger partial charge in [-0.3, -0.25) is 4.79 Å². The minimum atomic E-state index is -1.01. The Morgan fingerprint density at radius 2 is 1.65 bits per heavy atom. The number of nitriles is 1. The molecule has 0 amide bonds. The minimum Gasteiger partial charge on any atom is -0.292 e. The molecule has 0 bridgehead atoms. The van der Waals surface area contributed by atoms with Crippen molar-refractivity contribution in [2.45, 2.75) is 5.92 Å². The van der Waals surface area contributed by atoms with Crippen molar-refractivity contribution < 1.29 is 4.79 Å². The van der Waals surface area contributed by atoms with Crippen LogP contribution in [0.1, 0.15) is 21.8 Å². The lowest BCUT2D eigenvalue weighted by molar-refractivity contribution is 0.0979. The summed E-state index contributed by atoms with van der Waals surface area (Å²) in [5.74, 6) is -1.44. The maximum atomic E-state index is 12.5. The fourth-order valence-corrected chi connectivity index (χ4v) is 2.47. The number of carbonyl (C=O) groups is 1. The molecule has 1 atom stereocenters. The lowest BCUT2D eigenvalue weighted by Gasteiger charge is -2.11. The highest BCUT2D eigenvalue weighted by Crippen LogP contribution is 2.32. The summed E-state index contributed by atoms with van der Waals surface area (Å²) in [6.07, 6.45) is 0. The van der Waals surface area contributed by atoms with Gasteiger partial charge in [0.15, 0.2) is 5.78 Å². The number of Topliss-reactive ketones (excluding diaryl/α,β-unsaturated/α-hetero) is 1. The van der Waals surface area contributed by atoms with Crippen molar-refractivity contribution in [1.82, 2.24) is 0 Å². The summed E-state index contributed by atoms with van der Waals surface area (Å²) in [5, 5.41) is 10.1. The molecule has 0 aliphatic heterocycles. The van der Waals surface area contributed by atoms with Gasteiger partial charge in [0, 0.05) is 10.6 Å². The van der Waals surface area contributed by atoms with E-state index >= 15 is 0 Å². The van der Waals surface area contributed by atoms with Crippen LogP contribution in [-0.2, 0) is 0 Å². The molecule has 0 N–H and O–H groups in total. The van der Waals surface area contributed by atoms with Crippen molar-refractivity contribution >= 4 is 40.6 Å². The minimum absolute atomic E-state index is 0.145. The van der Waals surface area contributed by atoms with E-state index in [1.54, 1.807) is 36.4 Å². The Balaban J connectivity index is 2.49. The molecule has 1 unspecified atom stereocenters. The predicted molar refractivity (Wildman–Crippen MR) is 80.6 cm³/mol. The highest BCUT2D eigenvalue weighted by molar-refractivity contribution is 6.44. The lowest BCUT2D eigenvalue weighted by Crippen LogP contribution is -2.12. The Labute approximate surface area is 131 Å². The zero-order valence-corrected chi connectivity index (χ0v) is 12.4. The van der Waals surface area contributed by atoms with Gasteiger partial charge in [-0.15, -0.1) is 0 Å². The maximum Gasteiger partial charge on any atom is 0.186 e. The van der Waals surface area contributed by atoms with E-state index in [1.165, 1.54) is 6.07 Å². The largest absolute Gasteiger partial charge is 0.292 e. The Morgan fingerprint density at radius 3 is 2.30 bits per heavy atom. The first-order chi connectivity index (χ1) is 9.56. The summed E-state index contributed by atoms with van der Waals surface area (Å²) in [7, 11) is 0. The van der Waals surface area contributed by atoms with Gasteiger partial charge < -0.3 is 0 Å². The molecule has 0 fully saturated rings. The monoisotopic (exact) mass is 323 g/mol. The van der Waals surface area contributed by atoms with E-state index in [2.05, 4.69) is 0 Å². The van der Waals surface area contributed by atoms with Crippen LogP contribution in [0.25, 0.3) is 0 Å². The van der Waals surface area contributed by atoms with Crippen LogP contribution in [0.4, 0.5) is 0 Å². The molecule has 0 aromatic heterocycles. The normalized spacial score (nSPS) is 11.7. The number of nitrogens with zero attached hydrogens (tertiary/aromatic N) is 1. The summed E-state index contributed by atoms with van der Waals surface area (Å²) < 4.78 is 0. The van der Waals surface area contributed by atoms with Gasteiger partial charge in [0.05, 0.1) is 16.1 Å². The molecule has 0 saturated heterocycles. The predicted octanol–water partition coefficient (Wildman–Crippen LogP) is 5.14. The molecule has 2 aromatic carbocycles. The number of halogens is 3. The van der Waals surface area contributed by atoms with E-state index < -0.39 is 11.7 Å². The van der Waals surface area contributed by atoms with Crippen molar-refractivity contribution in [1.29, 1.82) is 5.26 Å². The standard InChI is InChI=1S/C15H8Cl3NO/c16-12-6-2-1-4-9(12)11(8-19)15(20)10-5-3-7-13(17)14(10)18/h1-7,11H. The van der Waals surface area contributed by atoms with Crippen LogP contribution in [0.2, 0.25) is 15.1 Å². The summed E-state index contributed by atoms with van der Waals surface area (Å²) in [5.41, 5.74) is 0.670. The zero-order valence-electron chi connectivity index (χ0n) is 10.1. The molecule has 0 radical (unpaired) electrons. The summed E-state index contributed by atoms with van der Waals surface area (Å²) in [4.78, 5) is 12.5. The van der Waals surface area contributed by atoms with Crippen molar-refractivity contribution in [3.63, 3.8) is 0 Å².